The van der Waals surface area contributed by atoms with Gasteiger partial charge in [0, 0.05) is 5.56 Å². The summed E-state index contributed by atoms with van der Waals surface area (Å²) in [6.07, 6.45) is 0.602. The molecule has 18 heavy (non-hydrogen) atoms. The lowest BCUT2D eigenvalue weighted by atomic mass is 10.1. The standard InChI is InChI=1S/C15H13FO2/c1-10-3-4-11(2)15(7-10)18-14-6-5-12(9-17)8-13(14)16/h3-9H,1-2H3. The number of hydrogen-bond donors (Lipinski definition) is 0. The van der Waals surface area contributed by atoms with Gasteiger partial charge in [0.25, 0.3) is 0 Å². The van der Waals surface area contributed by atoms with E-state index < -0.39 is 5.82 Å². The summed E-state index contributed by atoms with van der Waals surface area (Å²) < 4.78 is 19.2. The molecule has 92 valence electrons. The molecule has 2 rings (SSSR count). The molecule has 0 saturated carbocycles. The molecule has 0 heterocycles. The number of halogens is 1. The monoisotopic (exact) mass is 244 g/mol. The van der Waals surface area contributed by atoms with Gasteiger partial charge in [0.1, 0.15) is 12.0 Å². The van der Waals surface area contributed by atoms with Gasteiger partial charge in [-0.15, -0.1) is 0 Å². The highest BCUT2D eigenvalue weighted by Gasteiger charge is 2.07. The predicted molar refractivity (Wildman–Crippen MR) is 67.8 cm³/mol. The third-order valence-electron chi connectivity index (χ3n) is 2.66. The van der Waals surface area contributed by atoms with E-state index in [-0.39, 0.29) is 5.75 Å². The van der Waals surface area contributed by atoms with Gasteiger partial charge < -0.3 is 4.74 Å². The van der Waals surface area contributed by atoms with Crippen LogP contribution in [0.5, 0.6) is 11.5 Å². The Hall–Kier alpha value is -2.16. The van der Waals surface area contributed by atoms with Crippen molar-refractivity contribution in [1.82, 2.24) is 0 Å². The lowest BCUT2D eigenvalue weighted by molar-refractivity contribution is 0.112. The van der Waals surface area contributed by atoms with Crippen LogP contribution >= 0.6 is 0 Å². The van der Waals surface area contributed by atoms with Crippen molar-refractivity contribution in [3.05, 3.63) is 58.9 Å². The van der Waals surface area contributed by atoms with Gasteiger partial charge in [-0.1, -0.05) is 12.1 Å². The zero-order valence-corrected chi connectivity index (χ0v) is 10.2. The molecule has 0 atom stereocenters. The molecular formula is C15H13FO2. The highest BCUT2D eigenvalue weighted by Crippen LogP contribution is 2.28. The fourth-order valence-corrected chi connectivity index (χ4v) is 1.61. The maximum absolute atomic E-state index is 13.7. The predicted octanol–water partition coefficient (Wildman–Crippen LogP) is 4.05. The SMILES string of the molecule is Cc1ccc(C)c(Oc2ccc(C=O)cc2F)c1. The normalized spacial score (nSPS) is 10.2. The number of carbonyl (C=O) groups is 1. The van der Waals surface area contributed by atoms with Gasteiger partial charge in [-0.3, -0.25) is 4.79 Å². The van der Waals surface area contributed by atoms with Crippen molar-refractivity contribution in [2.24, 2.45) is 0 Å². The number of benzene rings is 2. The summed E-state index contributed by atoms with van der Waals surface area (Å²) in [5, 5.41) is 0. The molecule has 0 aliphatic carbocycles. The number of aryl methyl sites for hydroxylation is 2. The van der Waals surface area contributed by atoms with E-state index >= 15 is 0 Å². The van der Waals surface area contributed by atoms with Crippen molar-refractivity contribution >= 4 is 6.29 Å². The van der Waals surface area contributed by atoms with Crippen molar-refractivity contribution in [3.8, 4) is 11.5 Å². The van der Waals surface area contributed by atoms with Crippen molar-refractivity contribution in [2.75, 3.05) is 0 Å². The fourth-order valence-electron chi connectivity index (χ4n) is 1.61. The van der Waals surface area contributed by atoms with Crippen LogP contribution in [0.15, 0.2) is 36.4 Å². The molecule has 2 aromatic rings. The molecule has 0 aliphatic rings. The molecule has 0 N–H and O–H groups in total. The minimum atomic E-state index is -0.541. The van der Waals surface area contributed by atoms with Crippen LogP contribution in [0.1, 0.15) is 21.5 Å². The van der Waals surface area contributed by atoms with E-state index in [2.05, 4.69) is 0 Å². The lowest BCUT2D eigenvalue weighted by Crippen LogP contribution is -1.92. The summed E-state index contributed by atoms with van der Waals surface area (Å²) >= 11 is 0. The summed E-state index contributed by atoms with van der Waals surface area (Å²) in [6, 6.07) is 9.88. The van der Waals surface area contributed by atoms with E-state index in [1.807, 2.05) is 32.0 Å². The van der Waals surface area contributed by atoms with Gasteiger partial charge in [0.2, 0.25) is 0 Å². The van der Waals surface area contributed by atoms with Gasteiger partial charge in [-0.2, -0.15) is 0 Å². The van der Waals surface area contributed by atoms with Crippen LogP contribution in [0.2, 0.25) is 0 Å². The molecule has 0 spiro atoms. The fraction of sp³-hybridized carbons (Fsp3) is 0.133. The molecule has 0 bridgehead atoms. The Morgan fingerprint density at radius 1 is 1.06 bits per heavy atom. The second kappa shape index (κ2) is 5.00. The second-order valence-corrected chi connectivity index (χ2v) is 4.18. The first-order chi connectivity index (χ1) is 8.60. The van der Waals surface area contributed by atoms with Gasteiger partial charge in [0.15, 0.2) is 11.6 Å². The van der Waals surface area contributed by atoms with Crippen LogP contribution in [-0.2, 0) is 0 Å². The third kappa shape index (κ3) is 2.56. The first-order valence-electron chi connectivity index (χ1n) is 5.60. The van der Waals surface area contributed by atoms with Crippen LogP contribution in [0.25, 0.3) is 0 Å². The highest BCUT2D eigenvalue weighted by molar-refractivity contribution is 5.75. The number of aldehydes is 1. The Labute approximate surface area is 105 Å². The molecule has 0 saturated heterocycles. The molecule has 3 heteroatoms. The Kier molecular flexibility index (Phi) is 3.42. The average Bonchev–Trinajstić information content (AvgIpc) is 2.36. The molecule has 0 fully saturated rings. The second-order valence-electron chi connectivity index (χ2n) is 4.18. The average molecular weight is 244 g/mol. The summed E-state index contributed by atoms with van der Waals surface area (Å²) in [7, 11) is 0. The summed E-state index contributed by atoms with van der Waals surface area (Å²) in [5.74, 6) is 0.197. The number of ether oxygens (including phenoxy) is 1. The van der Waals surface area contributed by atoms with Gasteiger partial charge in [-0.05, 0) is 49.2 Å². The van der Waals surface area contributed by atoms with Crippen LogP contribution in [0.3, 0.4) is 0 Å². The summed E-state index contributed by atoms with van der Waals surface area (Å²) in [6.45, 7) is 3.84. The van der Waals surface area contributed by atoms with Crippen LogP contribution in [0, 0.1) is 19.7 Å². The zero-order valence-electron chi connectivity index (χ0n) is 10.2. The van der Waals surface area contributed by atoms with Gasteiger partial charge >= 0.3 is 0 Å². The van der Waals surface area contributed by atoms with E-state index in [1.54, 1.807) is 0 Å². The molecule has 0 amide bonds. The smallest absolute Gasteiger partial charge is 0.166 e. The Morgan fingerprint density at radius 3 is 2.50 bits per heavy atom. The van der Waals surface area contributed by atoms with E-state index in [4.69, 9.17) is 4.74 Å². The number of rotatable bonds is 3. The van der Waals surface area contributed by atoms with E-state index in [1.165, 1.54) is 12.1 Å². The van der Waals surface area contributed by atoms with Crippen molar-refractivity contribution in [1.29, 1.82) is 0 Å². The topological polar surface area (TPSA) is 26.3 Å². The Morgan fingerprint density at radius 2 is 1.83 bits per heavy atom. The maximum atomic E-state index is 13.7. The minimum absolute atomic E-state index is 0.120. The number of carbonyl (C=O) groups excluding carboxylic acids is 1. The number of hydrogen-bond acceptors (Lipinski definition) is 2. The summed E-state index contributed by atoms with van der Waals surface area (Å²) in [4.78, 5) is 10.5. The Balaban J connectivity index is 2.34. The largest absolute Gasteiger partial charge is 0.454 e. The maximum Gasteiger partial charge on any atom is 0.166 e. The third-order valence-corrected chi connectivity index (χ3v) is 2.66. The quantitative estimate of drug-likeness (QED) is 0.761. The molecule has 0 aromatic heterocycles. The minimum Gasteiger partial charge on any atom is -0.454 e. The zero-order chi connectivity index (χ0) is 13.1. The van der Waals surface area contributed by atoms with E-state index in [9.17, 15) is 9.18 Å². The molecule has 0 radical (unpaired) electrons. The Bertz CT molecular complexity index is 591. The molecule has 2 nitrogen and oxygen atoms in total. The van der Waals surface area contributed by atoms with E-state index in [0.717, 1.165) is 17.2 Å². The molecular weight excluding hydrogens is 231 g/mol. The molecule has 0 aliphatic heterocycles. The van der Waals surface area contributed by atoms with E-state index in [0.29, 0.717) is 17.6 Å². The highest BCUT2D eigenvalue weighted by atomic mass is 19.1. The molecule has 0 unspecified atom stereocenters. The van der Waals surface area contributed by atoms with Crippen LogP contribution in [-0.4, -0.2) is 6.29 Å². The first-order valence-corrected chi connectivity index (χ1v) is 5.60. The van der Waals surface area contributed by atoms with Crippen molar-refractivity contribution < 1.29 is 13.9 Å². The lowest BCUT2D eigenvalue weighted by Gasteiger charge is -2.10. The van der Waals surface area contributed by atoms with Gasteiger partial charge in [-0.25, -0.2) is 4.39 Å². The first kappa shape index (κ1) is 12.3. The van der Waals surface area contributed by atoms with Crippen molar-refractivity contribution in [2.45, 2.75) is 13.8 Å². The van der Waals surface area contributed by atoms with Gasteiger partial charge in [0.05, 0.1) is 0 Å². The van der Waals surface area contributed by atoms with Crippen molar-refractivity contribution in [3.63, 3.8) is 0 Å². The summed E-state index contributed by atoms with van der Waals surface area (Å²) in [5.41, 5.74) is 2.26. The van der Waals surface area contributed by atoms with Crippen LogP contribution in [0.4, 0.5) is 4.39 Å². The van der Waals surface area contributed by atoms with Crippen LogP contribution < -0.4 is 4.74 Å². The molecule has 2 aromatic carbocycles.